The van der Waals surface area contributed by atoms with Crippen LogP contribution in [0.2, 0.25) is 0 Å². The first-order valence-electron chi connectivity index (χ1n) is 9.13. The Morgan fingerprint density at radius 3 is 2.39 bits per heavy atom. The van der Waals surface area contributed by atoms with Gasteiger partial charge < -0.3 is 10.1 Å². The van der Waals surface area contributed by atoms with Gasteiger partial charge in [-0.15, -0.1) is 0 Å². The number of nitrogens with one attached hydrogen (secondary N) is 2. The minimum Gasteiger partial charge on any atom is -0.454 e. The van der Waals surface area contributed by atoms with Gasteiger partial charge in [0.05, 0.1) is 6.04 Å². The number of aromatic amines is 1. The molecule has 1 aromatic heterocycles. The van der Waals surface area contributed by atoms with Crippen molar-refractivity contribution in [2.24, 2.45) is 5.92 Å². The van der Waals surface area contributed by atoms with Gasteiger partial charge in [0.25, 0.3) is 11.5 Å². The van der Waals surface area contributed by atoms with Crippen LogP contribution in [0.15, 0.2) is 46.1 Å². The van der Waals surface area contributed by atoms with Crippen molar-refractivity contribution in [2.45, 2.75) is 39.8 Å². The molecule has 0 fully saturated rings. The molecule has 1 aromatic carbocycles. The summed E-state index contributed by atoms with van der Waals surface area (Å²) in [6.07, 6.45) is 2.13. The van der Waals surface area contributed by atoms with E-state index in [0.29, 0.717) is 0 Å². The Labute approximate surface area is 162 Å². The molecule has 0 spiro atoms. The second-order valence-electron chi connectivity index (χ2n) is 6.78. The number of rotatable bonds is 8. The SMILES string of the molecule is CCc1ccc([C@@H](NC(=O)COC(=O)Cn2ccc(=O)[nH]c2=O)C(C)C)cc1. The summed E-state index contributed by atoms with van der Waals surface area (Å²) in [5.74, 6) is -1.04. The first kappa shape index (κ1) is 21.1. The highest BCUT2D eigenvalue weighted by molar-refractivity contribution is 5.80. The molecule has 1 atom stereocenters. The smallest absolute Gasteiger partial charge is 0.328 e. The Kier molecular flexibility index (Phi) is 7.31. The molecule has 1 amide bonds. The van der Waals surface area contributed by atoms with Crippen LogP contribution in [0.1, 0.15) is 37.9 Å². The standard InChI is InChI=1S/C20H25N3O5/c1-4-14-5-7-15(8-6-14)19(13(2)3)21-17(25)12-28-18(26)11-23-10-9-16(24)22-20(23)27/h5-10,13,19H,4,11-12H2,1-3H3,(H,21,25)(H,22,24,27)/t19-/m0/s1. The molecule has 0 aliphatic rings. The molecule has 0 bridgehead atoms. The topological polar surface area (TPSA) is 110 Å². The van der Waals surface area contributed by atoms with E-state index in [1.54, 1.807) is 0 Å². The first-order chi connectivity index (χ1) is 13.3. The summed E-state index contributed by atoms with van der Waals surface area (Å²) in [5, 5.41) is 2.88. The molecule has 0 radical (unpaired) electrons. The summed E-state index contributed by atoms with van der Waals surface area (Å²) in [5.41, 5.74) is 0.917. The molecule has 0 aliphatic heterocycles. The number of aromatic nitrogens is 2. The van der Waals surface area contributed by atoms with E-state index in [2.05, 4.69) is 12.2 Å². The normalized spacial score (nSPS) is 11.9. The van der Waals surface area contributed by atoms with Crippen molar-refractivity contribution in [3.8, 4) is 0 Å². The Morgan fingerprint density at radius 2 is 1.82 bits per heavy atom. The van der Waals surface area contributed by atoms with Gasteiger partial charge in [-0.25, -0.2) is 4.79 Å². The fourth-order valence-electron chi connectivity index (χ4n) is 2.71. The molecule has 8 heteroatoms. The van der Waals surface area contributed by atoms with E-state index in [1.807, 2.05) is 43.1 Å². The fraction of sp³-hybridized carbons (Fsp3) is 0.400. The highest BCUT2D eigenvalue weighted by atomic mass is 16.5. The molecule has 0 saturated carbocycles. The van der Waals surface area contributed by atoms with E-state index >= 15 is 0 Å². The van der Waals surface area contributed by atoms with E-state index in [-0.39, 0.29) is 12.0 Å². The number of carbonyl (C=O) groups is 2. The third-order valence-corrected chi connectivity index (χ3v) is 4.29. The average molecular weight is 387 g/mol. The minimum atomic E-state index is -0.752. The number of hydrogen-bond acceptors (Lipinski definition) is 5. The quantitative estimate of drug-likeness (QED) is 0.661. The number of hydrogen-bond donors (Lipinski definition) is 2. The number of amides is 1. The van der Waals surface area contributed by atoms with Gasteiger partial charge in [-0.2, -0.15) is 0 Å². The molecular weight excluding hydrogens is 362 g/mol. The Hall–Kier alpha value is -3.16. The zero-order valence-electron chi connectivity index (χ0n) is 16.2. The van der Waals surface area contributed by atoms with E-state index < -0.39 is 36.3 Å². The Bertz CT molecular complexity index is 928. The van der Waals surface area contributed by atoms with Crippen molar-refractivity contribution in [1.29, 1.82) is 0 Å². The fourth-order valence-corrected chi connectivity index (χ4v) is 2.71. The van der Waals surface area contributed by atoms with Gasteiger partial charge in [0.1, 0.15) is 6.54 Å². The van der Waals surface area contributed by atoms with Crippen LogP contribution in [0.4, 0.5) is 0 Å². The number of esters is 1. The highest BCUT2D eigenvalue weighted by Crippen LogP contribution is 2.22. The molecule has 1 heterocycles. The minimum absolute atomic E-state index is 0.145. The third-order valence-electron chi connectivity index (χ3n) is 4.29. The molecule has 0 saturated heterocycles. The van der Waals surface area contributed by atoms with Crippen molar-refractivity contribution in [3.63, 3.8) is 0 Å². The lowest BCUT2D eigenvalue weighted by Gasteiger charge is -2.23. The van der Waals surface area contributed by atoms with Crippen molar-refractivity contribution in [2.75, 3.05) is 6.61 Å². The number of nitrogens with zero attached hydrogens (tertiary/aromatic N) is 1. The molecule has 0 aliphatic carbocycles. The maximum absolute atomic E-state index is 12.2. The lowest BCUT2D eigenvalue weighted by atomic mass is 9.95. The maximum atomic E-state index is 12.2. The Morgan fingerprint density at radius 1 is 1.14 bits per heavy atom. The zero-order valence-corrected chi connectivity index (χ0v) is 16.2. The number of carbonyl (C=O) groups excluding carboxylic acids is 2. The first-order valence-corrected chi connectivity index (χ1v) is 9.13. The monoisotopic (exact) mass is 387 g/mol. The summed E-state index contributed by atoms with van der Waals surface area (Å²) in [7, 11) is 0. The predicted molar refractivity (Wildman–Crippen MR) is 104 cm³/mol. The van der Waals surface area contributed by atoms with Crippen LogP contribution in [0.3, 0.4) is 0 Å². The highest BCUT2D eigenvalue weighted by Gasteiger charge is 2.19. The summed E-state index contributed by atoms with van der Waals surface area (Å²) in [6.45, 7) is 5.22. The van der Waals surface area contributed by atoms with Crippen molar-refractivity contribution in [1.82, 2.24) is 14.9 Å². The van der Waals surface area contributed by atoms with Gasteiger partial charge in [0, 0.05) is 12.3 Å². The van der Waals surface area contributed by atoms with Crippen molar-refractivity contribution in [3.05, 3.63) is 68.5 Å². The molecule has 0 unspecified atom stereocenters. The van der Waals surface area contributed by atoms with E-state index in [0.717, 1.165) is 22.6 Å². The van der Waals surface area contributed by atoms with Crippen LogP contribution in [0.5, 0.6) is 0 Å². The molecule has 8 nitrogen and oxygen atoms in total. The Balaban J connectivity index is 1.92. The maximum Gasteiger partial charge on any atom is 0.328 e. The molecular formula is C20H25N3O5. The van der Waals surface area contributed by atoms with E-state index in [9.17, 15) is 19.2 Å². The van der Waals surface area contributed by atoms with E-state index in [4.69, 9.17) is 4.74 Å². The molecule has 28 heavy (non-hydrogen) atoms. The summed E-state index contributed by atoms with van der Waals surface area (Å²) in [4.78, 5) is 48.7. The van der Waals surface area contributed by atoms with Gasteiger partial charge in [0.15, 0.2) is 6.61 Å². The molecule has 2 N–H and O–H groups in total. The largest absolute Gasteiger partial charge is 0.454 e. The average Bonchev–Trinajstić information content (AvgIpc) is 2.66. The second-order valence-corrected chi connectivity index (χ2v) is 6.78. The van der Waals surface area contributed by atoms with Crippen molar-refractivity contribution >= 4 is 11.9 Å². The lowest BCUT2D eigenvalue weighted by molar-refractivity contribution is -0.149. The van der Waals surface area contributed by atoms with Gasteiger partial charge in [-0.05, 0) is 23.5 Å². The number of benzene rings is 1. The van der Waals surface area contributed by atoms with Crippen LogP contribution < -0.4 is 16.6 Å². The van der Waals surface area contributed by atoms with Gasteiger partial charge in [-0.3, -0.25) is 23.9 Å². The molecule has 150 valence electrons. The number of ether oxygens (including phenoxy) is 1. The van der Waals surface area contributed by atoms with Crippen LogP contribution >= 0.6 is 0 Å². The predicted octanol–water partition coefficient (Wildman–Crippen LogP) is 1.16. The van der Waals surface area contributed by atoms with Crippen LogP contribution in [0.25, 0.3) is 0 Å². The molecule has 2 aromatic rings. The lowest BCUT2D eigenvalue weighted by Crippen LogP contribution is -2.36. The third kappa shape index (κ3) is 5.94. The van der Waals surface area contributed by atoms with Crippen LogP contribution in [0, 0.1) is 5.92 Å². The summed E-state index contributed by atoms with van der Waals surface area (Å²) in [6, 6.07) is 8.94. The van der Waals surface area contributed by atoms with Gasteiger partial charge in [0.2, 0.25) is 0 Å². The van der Waals surface area contributed by atoms with Crippen LogP contribution in [-0.2, 0) is 27.3 Å². The van der Waals surface area contributed by atoms with Gasteiger partial charge in [-0.1, -0.05) is 45.0 Å². The second kappa shape index (κ2) is 9.68. The number of aryl methyl sites for hydroxylation is 1. The van der Waals surface area contributed by atoms with Crippen molar-refractivity contribution < 1.29 is 14.3 Å². The molecule has 2 rings (SSSR count). The zero-order chi connectivity index (χ0) is 20.7. The summed E-state index contributed by atoms with van der Waals surface area (Å²) >= 11 is 0. The van der Waals surface area contributed by atoms with Gasteiger partial charge >= 0.3 is 11.7 Å². The number of H-pyrrole nitrogens is 1. The van der Waals surface area contributed by atoms with Crippen LogP contribution in [-0.4, -0.2) is 28.0 Å². The van der Waals surface area contributed by atoms with E-state index in [1.165, 1.54) is 11.8 Å². The summed E-state index contributed by atoms with van der Waals surface area (Å²) < 4.78 is 5.94.